The summed E-state index contributed by atoms with van der Waals surface area (Å²) in [6.07, 6.45) is 1.01. The van der Waals surface area contributed by atoms with Crippen molar-refractivity contribution >= 4 is 36.3 Å². The second kappa shape index (κ2) is 11.6. The molecule has 0 aromatic carbocycles. The van der Waals surface area contributed by atoms with Gasteiger partial charge in [0.25, 0.3) is 0 Å². The second-order valence-electron chi connectivity index (χ2n) is 5.20. The molecule has 0 aliphatic carbocycles. The zero-order valence-corrected chi connectivity index (χ0v) is 14.1. The van der Waals surface area contributed by atoms with E-state index in [0.717, 1.165) is 0 Å². The quantitative estimate of drug-likeness (QED) is 0.145. The number of rotatable bonds is 12. The van der Waals surface area contributed by atoms with Crippen LogP contribution in [-0.4, -0.2) is 59.2 Å². The van der Waals surface area contributed by atoms with Crippen molar-refractivity contribution in [2.75, 3.05) is 12.3 Å². The number of carboxylic acid groups (broad SMARTS) is 1. The molecular weight excluding hydrogens is 338 g/mol. The molecule has 0 spiro atoms. The van der Waals surface area contributed by atoms with Gasteiger partial charge in [-0.15, -0.1) is 0 Å². The van der Waals surface area contributed by atoms with Crippen LogP contribution in [-0.2, 0) is 19.2 Å². The van der Waals surface area contributed by atoms with Gasteiger partial charge in [0, 0.05) is 5.75 Å². The van der Waals surface area contributed by atoms with Gasteiger partial charge in [-0.3, -0.25) is 14.4 Å². The highest BCUT2D eigenvalue weighted by molar-refractivity contribution is 7.80. The molecule has 0 fully saturated rings. The lowest BCUT2D eigenvalue weighted by Gasteiger charge is -2.21. The third-order valence-electron chi connectivity index (χ3n) is 3.13. The Morgan fingerprint density at radius 2 is 1.62 bits per heavy atom. The van der Waals surface area contributed by atoms with E-state index in [2.05, 4.69) is 23.3 Å². The van der Waals surface area contributed by atoms with Crippen molar-refractivity contribution in [3.63, 3.8) is 0 Å². The molecule has 0 radical (unpaired) electrons. The Morgan fingerprint density at radius 1 is 1.04 bits per heavy atom. The third kappa shape index (κ3) is 8.70. The van der Waals surface area contributed by atoms with Crippen molar-refractivity contribution < 1.29 is 24.3 Å². The van der Waals surface area contributed by atoms with Gasteiger partial charge in [-0.2, -0.15) is 12.6 Å². The number of carbonyl (C=O) groups is 4. The zero-order chi connectivity index (χ0) is 18.7. The van der Waals surface area contributed by atoms with E-state index in [0.29, 0.717) is 19.4 Å². The molecule has 0 heterocycles. The van der Waals surface area contributed by atoms with Gasteiger partial charge in [-0.1, -0.05) is 0 Å². The normalized spacial score (nSPS) is 14.3. The molecule has 0 aliphatic rings. The predicted octanol–water partition coefficient (Wildman–Crippen LogP) is -2.70. The van der Waals surface area contributed by atoms with E-state index in [1.807, 2.05) is 0 Å². The molecule has 138 valence electrons. The largest absolute Gasteiger partial charge is 0.480 e. The molecule has 0 rings (SSSR count). The Balaban J connectivity index is 4.67. The van der Waals surface area contributed by atoms with Gasteiger partial charge in [0.15, 0.2) is 0 Å². The molecule has 3 amide bonds. The fourth-order valence-electron chi connectivity index (χ4n) is 1.80. The number of nitrogens with two attached hydrogens (primary N) is 3. The first-order valence-electron chi connectivity index (χ1n) is 7.41. The fourth-order valence-corrected chi connectivity index (χ4v) is 2.06. The average molecular weight is 363 g/mol. The predicted molar refractivity (Wildman–Crippen MR) is 90.0 cm³/mol. The highest BCUT2D eigenvalue weighted by Crippen LogP contribution is 2.02. The van der Waals surface area contributed by atoms with Crippen LogP contribution in [0.3, 0.4) is 0 Å². The van der Waals surface area contributed by atoms with E-state index in [1.165, 1.54) is 0 Å². The monoisotopic (exact) mass is 363 g/mol. The lowest BCUT2D eigenvalue weighted by atomic mass is 10.1. The number of carbonyl (C=O) groups excluding carboxylic acids is 3. The summed E-state index contributed by atoms with van der Waals surface area (Å²) < 4.78 is 0. The van der Waals surface area contributed by atoms with E-state index in [4.69, 9.17) is 22.3 Å². The minimum absolute atomic E-state index is 0.0734. The number of hydrogen-bond acceptors (Lipinski definition) is 7. The number of unbranched alkanes of at least 4 members (excludes halogenated alkanes) is 1. The molecule has 0 unspecified atom stereocenters. The third-order valence-corrected chi connectivity index (χ3v) is 3.50. The number of aliphatic carboxylic acids is 1. The second-order valence-corrected chi connectivity index (χ2v) is 5.57. The van der Waals surface area contributed by atoms with Crippen LogP contribution < -0.4 is 27.8 Å². The smallest absolute Gasteiger partial charge is 0.326 e. The lowest BCUT2D eigenvalue weighted by molar-refractivity contribution is -0.142. The van der Waals surface area contributed by atoms with E-state index in [1.54, 1.807) is 0 Å². The van der Waals surface area contributed by atoms with Crippen LogP contribution in [0.15, 0.2) is 0 Å². The standard InChI is InChI=1S/C13H25N5O5S/c14-4-2-1-3-8(13(22)23)17-12(21)9(6-24)18-11(20)7(15)5-10(16)19/h7-9,24H,1-6,14-15H2,(H2,16,19)(H,17,21)(H,18,20)(H,22,23)/t7-,8-,9-/m0/s1. The molecular formula is C13H25N5O5S. The van der Waals surface area contributed by atoms with Crippen molar-refractivity contribution in [3.05, 3.63) is 0 Å². The van der Waals surface area contributed by atoms with Gasteiger partial charge < -0.3 is 32.9 Å². The number of amides is 3. The van der Waals surface area contributed by atoms with Crippen LogP contribution >= 0.6 is 12.6 Å². The van der Waals surface area contributed by atoms with Crippen LogP contribution in [0.25, 0.3) is 0 Å². The molecule has 3 atom stereocenters. The first kappa shape index (κ1) is 22.1. The van der Waals surface area contributed by atoms with E-state index >= 15 is 0 Å². The Bertz CT molecular complexity index is 462. The number of nitrogens with one attached hydrogen (secondary N) is 2. The van der Waals surface area contributed by atoms with Gasteiger partial charge in [-0.05, 0) is 25.8 Å². The molecule has 0 aromatic heterocycles. The summed E-state index contributed by atoms with van der Waals surface area (Å²) >= 11 is 3.96. The molecule has 0 saturated carbocycles. The molecule has 0 saturated heterocycles. The maximum Gasteiger partial charge on any atom is 0.326 e. The molecule has 0 bridgehead atoms. The Kier molecular flexibility index (Phi) is 10.8. The summed E-state index contributed by atoms with van der Waals surface area (Å²) in [5.41, 5.74) is 15.8. The number of hydrogen-bond donors (Lipinski definition) is 7. The van der Waals surface area contributed by atoms with Gasteiger partial charge in [0.1, 0.15) is 12.1 Å². The van der Waals surface area contributed by atoms with E-state index in [9.17, 15) is 19.2 Å². The fraction of sp³-hybridized carbons (Fsp3) is 0.692. The SMILES string of the molecule is NCCCC[C@H](NC(=O)[C@H](CS)NC(=O)[C@@H](N)CC(N)=O)C(=O)O. The molecule has 11 heteroatoms. The van der Waals surface area contributed by atoms with Crippen molar-refractivity contribution in [3.8, 4) is 0 Å². The van der Waals surface area contributed by atoms with Crippen molar-refractivity contribution in [1.29, 1.82) is 0 Å². The maximum atomic E-state index is 12.1. The van der Waals surface area contributed by atoms with Gasteiger partial charge in [0.2, 0.25) is 17.7 Å². The minimum Gasteiger partial charge on any atom is -0.480 e. The number of primary amides is 1. The van der Waals surface area contributed by atoms with E-state index in [-0.39, 0.29) is 18.6 Å². The van der Waals surface area contributed by atoms with Crippen LogP contribution in [0, 0.1) is 0 Å². The minimum atomic E-state index is -1.20. The maximum absolute atomic E-state index is 12.1. The highest BCUT2D eigenvalue weighted by atomic mass is 32.1. The number of carboxylic acids is 1. The summed E-state index contributed by atoms with van der Waals surface area (Å²) in [6, 6.07) is -3.38. The zero-order valence-electron chi connectivity index (χ0n) is 13.2. The Labute approximate surface area is 145 Å². The molecule has 0 aromatic rings. The van der Waals surface area contributed by atoms with Gasteiger partial charge in [-0.25, -0.2) is 4.79 Å². The summed E-state index contributed by atoms with van der Waals surface area (Å²) in [5.74, 6) is -3.47. The Hall–Kier alpha value is -1.85. The first-order valence-corrected chi connectivity index (χ1v) is 8.04. The van der Waals surface area contributed by atoms with Crippen LogP contribution in [0.5, 0.6) is 0 Å². The Morgan fingerprint density at radius 3 is 2.08 bits per heavy atom. The van der Waals surface area contributed by atoms with Crippen LogP contribution in [0.4, 0.5) is 0 Å². The first-order chi connectivity index (χ1) is 11.2. The summed E-state index contributed by atoms with van der Waals surface area (Å²) in [5, 5.41) is 13.8. The molecule has 24 heavy (non-hydrogen) atoms. The van der Waals surface area contributed by atoms with Crippen molar-refractivity contribution in [2.45, 2.75) is 43.8 Å². The summed E-state index contributed by atoms with van der Waals surface area (Å²) in [7, 11) is 0. The molecule has 0 aliphatic heterocycles. The highest BCUT2D eigenvalue weighted by Gasteiger charge is 2.27. The van der Waals surface area contributed by atoms with Crippen LogP contribution in [0.1, 0.15) is 25.7 Å². The van der Waals surface area contributed by atoms with Crippen molar-refractivity contribution in [2.24, 2.45) is 17.2 Å². The summed E-state index contributed by atoms with van der Waals surface area (Å²) in [4.78, 5) is 45.8. The summed E-state index contributed by atoms with van der Waals surface area (Å²) in [6.45, 7) is 0.424. The van der Waals surface area contributed by atoms with Crippen LogP contribution in [0.2, 0.25) is 0 Å². The van der Waals surface area contributed by atoms with Gasteiger partial charge in [0.05, 0.1) is 12.5 Å². The van der Waals surface area contributed by atoms with E-state index < -0.39 is 41.8 Å². The van der Waals surface area contributed by atoms with Gasteiger partial charge >= 0.3 is 5.97 Å². The lowest BCUT2D eigenvalue weighted by Crippen LogP contribution is -2.55. The molecule has 10 nitrogen and oxygen atoms in total. The van der Waals surface area contributed by atoms with Crippen molar-refractivity contribution in [1.82, 2.24) is 10.6 Å². The molecule has 9 N–H and O–H groups in total. The topological polar surface area (TPSA) is 191 Å². The number of thiol groups is 1. The average Bonchev–Trinajstić information content (AvgIpc) is 2.50.